The van der Waals surface area contributed by atoms with E-state index in [9.17, 15) is 14.4 Å². The summed E-state index contributed by atoms with van der Waals surface area (Å²) in [4.78, 5) is 34.9. The van der Waals surface area contributed by atoms with Crippen LogP contribution in [0, 0.1) is 5.41 Å². The lowest BCUT2D eigenvalue weighted by Gasteiger charge is -2.31. The van der Waals surface area contributed by atoms with Crippen LogP contribution in [0.15, 0.2) is 11.6 Å². The monoisotopic (exact) mass is 254 g/mol. The number of allylic oxidation sites excluding steroid dienone is 2. The lowest BCUT2D eigenvalue weighted by Crippen LogP contribution is -2.43. The minimum Gasteiger partial charge on any atom is -0.465 e. The Balaban J connectivity index is 3.02. The third kappa shape index (κ3) is 2.78. The third-order valence-electron chi connectivity index (χ3n) is 2.97. The van der Waals surface area contributed by atoms with Gasteiger partial charge in [-0.05, 0) is 32.3 Å². The summed E-state index contributed by atoms with van der Waals surface area (Å²) in [7, 11) is 0. The molecule has 0 aromatic rings. The second kappa shape index (κ2) is 6.33. The molecule has 0 N–H and O–H groups in total. The number of hydrogen-bond acceptors (Lipinski definition) is 5. The average molecular weight is 254 g/mol. The van der Waals surface area contributed by atoms with Crippen molar-refractivity contribution in [2.24, 2.45) is 5.41 Å². The van der Waals surface area contributed by atoms with E-state index >= 15 is 0 Å². The van der Waals surface area contributed by atoms with Gasteiger partial charge in [-0.25, -0.2) is 0 Å². The average Bonchev–Trinajstić information content (AvgIpc) is 2.39. The standard InChI is InChI=1S/C13H18O5/c1-3-17-11(15)13(12(16)18-4-2)7-5-6-10(8-13)9-14/h6,9H,3-5,7-8H2,1-2H3. The molecule has 0 aromatic carbocycles. The molecule has 1 aliphatic rings. The van der Waals surface area contributed by atoms with Gasteiger partial charge in [-0.2, -0.15) is 0 Å². The van der Waals surface area contributed by atoms with Gasteiger partial charge in [-0.3, -0.25) is 14.4 Å². The molecular formula is C13H18O5. The molecule has 1 aliphatic carbocycles. The molecule has 0 aliphatic heterocycles. The zero-order valence-electron chi connectivity index (χ0n) is 10.7. The highest BCUT2D eigenvalue weighted by atomic mass is 16.6. The fourth-order valence-corrected chi connectivity index (χ4v) is 2.07. The van der Waals surface area contributed by atoms with E-state index in [1.54, 1.807) is 19.9 Å². The summed E-state index contributed by atoms with van der Waals surface area (Å²) in [5.74, 6) is -1.20. The van der Waals surface area contributed by atoms with Gasteiger partial charge in [0.1, 0.15) is 6.29 Å². The predicted octanol–water partition coefficient (Wildman–Crippen LogP) is 1.41. The van der Waals surface area contributed by atoms with Crippen molar-refractivity contribution in [2.45, 2.75) is 33.1 Å². The fourth-order valence-electron chi connectivity index (χ4n) is 2.07. The normalized spacial score (nSPS) is 17.6. The maximum Gasteiger partial charge on any atom is 0.323 e. The minimum absolute atomic E-state index is 0.0637. The van der Waals surface area contributed by atoms with Crippen molar-refractivity contribution in [1.82, 2.24) is 0 Å². The van der Waals surface area contributed by atoms with Gasteiger partial charge in [0, 0.05) is 6.42 Å². The first kappa shape index (κ1) is 14.4. The largest absolute Gasteiger partial charge is 0.465 e. The molecule has 0 saturated carbocycles. The van der Waals surface area contributed by atoms with Crippen LogP contribution in [0.5, 0.6) is 0 Å². The zero-order chi connectivity index (χ0) is 13.6. The maximum atomic E-state index is 12.0. The summed E-state index contributed by atoms with van der Waals surface area (Å²) < 4.78 is 9.92. The van der Waals surface area contributed by atoms with Crippen LogP contribution in [0.1, 0.15) is 33.1 Å². The highest BCUT2D eigenvalue weighted by molar-refractivity contribution is 6.01. The summed E-state index contributed by atoms with van der Waals surface area (Å²) in [6, 6.07) is 0. The van der Waals surface area contributed by atoms with Crippen molar-refractivity contribution < 1.29 is 23.9 Å². The van der Waals surface area contributed by atoms with E-state index in [4.69, 9.17) is 9.47 Å². The number of carbonyl (C=O) groups is 3. The number of rotatable bonds is 5. The topological polar surface area (TPSA) is 69.7 Å². The lowest BCUT2D eigenvalue weighted by atomic mass is 9.74. The van der Waals surface area contributed by atoms with Crippen LogP contribution in [0.2, 0.25) is 0 Å². The zero-order valence-corrected chi connectivity index (χ0v) is 10.7. The van der Waals surface area contributed by atoms with Crippen molar-refractivity contribution in [3.63, 3.8) is 0 Å². The van der Waals surface area contributed by atoms with Crippen LogP contribution in [-0.2, 0) is 23.9 Å². The van der Waals surface area contributed by atoms with E-state index in [2.05, 4.69) is 0 Å². The molecule has 100 valence electrons. The number of aldehydes is 1. The van der Waals surface area contributed by atoms with E-state index in [0.717, 1.165) is 0 Å². The first-order valence-corrected chi connectivity index (χ1v) is 6.09. The number of carbonyl (C=O) groups excluding carboxylic acids is 3. The van der Waals surface area contributed by atoms with E-state index < -0.39 is 17.4 Å². The Kier molecular flexibility index (Phi) is 5.07. The van der Waals surface area contributed by atoms with Gasteiger partial charge in [0.25, 0.3) is 0 Å². The van der Waals surface area contributed by atoms with Gasteiger partial charge < -0.3 is 9.47 Å². The van der Waals surface area contributed by atoms with Crippen LogP contribution in [0.4, 0.5) is 0 Å². The molecular weight excluding hydrogens is 236 g/mol. The second-order valence-corrected chi connectivity index (χ2v) is 4.14. The number of esters is 2. The molecule has 18 heavy (non-hydrogen) atoms. The molecule has 0 bridgehead atoms. The minimum atomic E-state index is -1.35. The first-order chi connectivity index (χ1) is 8.60. The molecule has 5 nitrogen and oxygen atoms in total. The van der Waals surface area contributed by atoms with Crippen molar-refractivity contribution in [3.8, 4) is 0 Å². The van der Waals surface area contributed by atoms with Crippen LogP contribution >= 0.6 is 0 Å². The molecule has 0 heterocycles. The van der Waals surface area contributed by atoms with E-state index in [1.807, 2.05) is 0 Å². The molecule has 0 spiro atoms. The van der Waals surface area contributed by atoms with Crippen LogP contribution < -0.4 is 0 Å². The first-order valence-electron chi connectivity index (χ1n) is 6.09. The Hall–Kier alpha value is -1.65. The smallest absolute Gasteiger partial charge is 0.323 e. The highest BCUT2D eigenvalue weighted by Crippen LogP contribution is 2.38. The van der Waals surface area contributed by atoms with Crippen LogP contribution in [0.3, 0.4) is 0 Å². The molecule has 0 amide bonds. The van der Waals surface area contributed by atoms with Gasteiger partial charge in [-0.15, -0.1) is 0 Å². The van der Waals surface area contributed by atoms with E-state index in [0.29, 0.717) is 24.7 Å². The quantitative estimate of drug-likeness (QED) is 0.421. The molecule has 0 atom stereocenters. The Morgan fingerprint density at radius 2 is 1.83 bits per heavy atom. The molecule has 0 aromatic heterocycles. The number of ether oxygens (including phenoxy) is 2. The summed E-state index contributed by atoms with van der Waals surface area (Å²) in [6.45, 7) is 3.74. The van der Waals surface area contributed by atoms with Gasteiger partial charge >= 0.3 is 11.9 Å². The van der Waals surface area contributed by atoms with Crippen molar-refractivity contribution in [3.05, 3.63) is 11.6 Å². The molecule has 5 heteroatoms. The molecule has 0 radical (unpaired) electrons. The third-order valence-corrected chi connectivity index (χ3v) is 2.97. The molecule has 1 rings (SSSR count). The summed E-state index contributed by atoms with van der Waals surface area (Å²) in [6.07, 6.45) is 3.29. The van der Waals surface area contributed by atoms with Gasteiger partial charge in [0.05, 0.1) is 13.2 Å². The predicted molar refractivity (Wildman–Crippen MR) is 63.7 cm³/mol. The van der Waals surface area contributed by atoms with Crippen molar-refractivity contribution in [1.29, 1.82) is 0 Å². The van der Waals surface area contributed by atoms with E-state index in [-0.39, 0.29) is 19.6 Å². The van der Waals surface area contributed by atoms with Crippen molar-refractivity contribution >= 4 is 18.2 Å². The summed E-state index contributed by atoms with van der Waals surface area (Å²) in [5, 5.41) is 0. The second-order valence-electron chi connectivity index (χ2n) is 4.14. The Bertz CT molecular complexity index is 352. The SMILES string of the molecule is CCOC(=O)C1(C(=O)OCC)CCC=C(C=O)C1. The Morgan fingerprint density at radius 1 is 1.28 bits per heavy atom. The van der Waals surface area contributed by atoms with Crippen molar-refractivity contribution in [2.75, 3.05) is 13.2 Å². The van der Waals surface area contributed by atoms with Gasteiger partial charge in [0.2, 0.25) is 0 Å². The Labute approximate surface area is 106 Å². The van der Waals surface area contributed by atoms with Gasteiger partial charge in [0.15, 0.2) is 5.41 Å². The number of hydrogen-bond donors (Lipinski definition) is 0. The van der Waals surface area contributed by atoms with Crippen LogP contribution in [0.25, 0.3) is 0 Å². The van der Waals surface area contributed by atoms with E-state index in [1.165, 1.54) is 0 Å². The summed E-state index contributed by atoms with van der Waals surface area (Å²) >= 11 is 0. The highest BCUT2D eigenvalue weighted by Gasteiger charge is 2.50. The summed E-state index contributed by atoms with van der Waals surface area (Å²) in [5.41, 5.74) is -0.904. The molecule has 0 unspecified atom stereocenters. The van der Waals surface area contributed by atoms with Gasteiger partial charge in [-0.1, -0.05) is 6.08 Å². The Morgan fingerprint density at radius 3 is 2.28 bits per heavy atom. The lowest BCUT2D eigenvalue weighted by molar-refractivity contribution is -0.173. The van der Waals surface area contributed by atoms with Crippen LogP contribution in [-0.4, -0.2) is 31.4 Å². The molecule has 0 saturated heterocycles. The maximum absolute atomic E-state index is 12.0. The molecule has 0 fully saturated rings. The fraction of sp³-hybridized carbons (Fsp3) is 0.615.